The standard InChI is InChI=1S/C68H72N4O/c1-64(2,3)46-31-29-44(30-32-46)57-42-69-62(41-58(57)68(13,14)15)72-59-27-17-16-25-55(59)56-34-33-53(40-61(56)72)73-52-24-19-23-50(39-52)70-43-71(51-37-48(66(7,8)9)36-49(38-51)67(10,11)12)63-54(26-20-28-60(63)70)45-21-18-22-47(35-45)65(4,5)6/h16-42H,1-15H3/q+2. The summed E-state index contributed by atoms with van der Waals surface area (Å²) in [6.07, 6.45) is 2.07. The first-order valence-electron chi connectivity index (χ1n) is 26.0. The number of para-hydroxylation sites is 2. The summed E-state index contributed by atoms with van der Waals surface area (Å²) in [5.74, 6) is 2.35. The third kappa shape index (κ3) is 9.48. The van der Waals surface area contributed by atoms with Crippen LogP contribution in [-0.2, 0) is 27.1 Å². The number of hydrogen-bond acceptors (Lipinski definition) is 2. The molecule has 1 aliphatic heterocycles. The summed E-state index contributed by atoms with van der Waals surface area (Å²) in [4.78, 5) is 5.24. The smallest absolute Gasteiger partial charge is 0.457 e. The van der Waals surface area contributed by atoms with Crippen LogP contribution in [0.3, 0.4) is 0 Å². The predicted octanol–water partition coefficient (Wildman–Crippen LogP) is 18.6. The molecule has 10 rings (SSSR count). The molecule has 7 aromatic carbocycles. The van der Waals surface area contributed by atoms with Crippen LogP contribution in [0, 0.1) is 0 Å². The highest BCUT2D eigenvalue weighted by Crippen LogP contribution is 2.46. The van der Waals surface area contributed by atoms with Crippen molar-refractivity contribution in [3.63, 3.8) is 0 Å². The molecule has 5 nitrogen and oxygen atoms in total. The van der Waals surface area contributed by atoms with Crippen molar-refractivity contribution in [3.05, 3.63) is 192 Å². The summed E-state index contributed by atoms with van der Waals surface area (Å²) in [5, 5.41) is 2.31. The lowest BCUT2D eigenvalue weighted by Gasteiger charge is -2.25. The Bertz CT molecular complexity index is 3660. The first kappa shape index (κ1) is 49.3. The van der Waals surface area contributed by atoms with Gasteiger partial charge in [-0.1, -0.05) is 189 Å². The van der Waals surface area contributed by atoms with Crippen molar-refractivity contribution in [2.24, 2.45) is 0 Å². The largest absolute Gasteiger partial charge is 0.503 e. The van der Waals surface area contributed by atoms with Crippen molar-refractivity contribution in [2.45, 2.75) is 131 Å². The van der Waals surface area contributed by atoms with Crippen molar-refractivity contribution in [3.8, 4) is 39.6 Å². The molecule has 0 saturated heterocycles. The fourth-order valence-corrected chi connectivity index (χ4v) is 10.2. The molecule has 0 N–H and O–H groups in total. The lowest BCUT2D eigenvalue weighted by molar-refractivity contribution is 0.483. The molecule has 0 spiro atoms. The van der Waals surface area contributed by atoms with Crippen LogP contribution in [0.1, 0.15) is 132 Å². The molecule has 0 fully saturated rings. The van der Waals surface area contributed by atoms with Gasteiger partial charge in [-0.25, -0.2) is 4.98 Å². The van der Waals surface area contributed by atoms with Gasteiger partial charge in [0.15, 0.2) is 0 Å². The number of aromatic nitrogens is 2. The number of rotatable bonds is 7. The van der Waals surface area contributed by atoms with Gasteiger partial charge in [-0.15, -0.1) is 0 Å². The SMILES string of the molecule is CC(C)(C)c1ccc(-c2cnc(-n3c4ccccc4c4ccc(Oc5cccc([N+]6=C=[N+](c7cc(C(C)(C)C)cc(C(C)(C)C)c7)c7c(-c8cccc(C(C)(C)C)c8)cccc76)c5)cc43)cc2C(C)(C)C)cc1. The number of ether oxygens (including phenoxy) is 1. The number of hydrogen-bond donors (Lipinski definition) is 0. The summed E-state index contributed by atoms with van der Waals surface area (Å²) >= 11 is 0. The van der Waals surface area contributed by atoms with Crippen LogP contribution in [0.25, 0.3) is 49.9 Å². The van der Waals surface area contributed by atoms with Gasteiger partial charge < -0.3 is 4.74 Å². The Balaban J connectivity index is 1.09. The molecular formula is C68H72N4O+2. The summed E-state index contributed by atoms with van der Waals surface area (Å²) in [7, 11) is 0. The predicted molar refractivity (Wildman–Crippen MR) is 310 cm³/mol. The lowest BCUT2D eigenvalue weighted by Crippen LogP contribution is -2.17. The summed E-state index contributed by atoms with van der Waals surface area (Å²) in [6, 6.07) is 61.4. The first-order valence-corrected chi connectivity index (χ1v) is 26.0. The van der Waals surface area contributed by atoms with Gasteiger partial charge in [-0.3, -0.25) is 4.57 Å². The average molecular weight is 961 g/mol. The molecule has 0 radical (unpaired) electrons. The maximum absolute atomic E-state index is 6.90. The number of pyridine rings is 1. The molecule has 9 aromatic rings. The van der Waals surface area contributed by atoms with E-state index in [1.807, 2.05) is 6.07 Å². The van der Waals surface area contributed by atoms with Gasteiger partial charge in [0.05, 0.1) is 22.7 Å². The van der Waals surface area contributed by atoms with Crippen LogP contribution in [0.5, 0.6) is 11.5 Å². The van der Waals surface area contributed by atoms with Crippen molar-refractivity contribution >= 4 is 50.6 Å². The fourth-order valence-electron chi connectivity index (χ4n) is 10.2. The zero-order valence-corrected chi connectivity index (χ0v) is 45.8. The van der Waals surface area contributed by atoms with Crippen LogP contribution < -0.4 is 13.9 Å². The molecule has 1 aliphatic rings. The van der Waals surface area contributed by atoms with Crippen LogP contribution in [0.2, 0.25) is 0 Å². The maximum Gasteiger partial charge on any atom is 0.503 e. The molecule has 0 unspecified atom stereocenters. The third-order valence-electron chi connectivity index (χ3n) is 14.6. The minimum atomic E-state index is -0.139. The lowest BCUT2D eigenvalue weighted by atomic mass is 9.80. The van der Waals surface area contributed by atoms with Crippen LogP contribution in [-0.4, -0.2) is 15.6 Å². The zero-order valence-electron chi connectivity index (χ0n) is 45.8. The average Bonchev–Trinajstić information content (AvgIpc) is 3.89. The Morgan fingerprint density at radius 3 is 1.73 bits per heavy atom. The second kappa shape index (κ2) is 17.7. The van der Waals surface area contributed by atoms with Gasteiger partial charge in [0.2, 0.25) is 11.4 Å². The second-order valence-corrected chi connectivity index (χ2v) is 25.3. The minimum absolute atomic E-state index is 0.000168. The van der Waals surface area contributed by atoms with Crippen molar-refractivity contribution in [1.82, 2.24) is 18.7 Å². The Morgan fingerprint density at radius 1 is 0.425 bits per heavy atom. The van der Waals surface area contributed by atoms with E-state index in [0.29, 0.717) is 0 Å². The Hall–Kier alpha value is -7.33. The zero-order chi connectivity index (χ0) is 52.0. The highest BCUT2D eigenvalue weighted by atomic mass is 16.5. The number of benzene rings is 7. The second-order valence-electron chi connectivity index (χ2n) is 25.3. The van der Waals surface area contributed by atoms with E-state index in [4.69, 9.17) is 9.72 Å². The van der Waals surface area contributed by atoms with Gasteiger partial charge in [-0.2, -0.15) is 0 Å². The normalized spacial score (nSPS) is 13.4. The molecule has 5 heteroatoms. The summed E-state index contributed by atoms with van der Waals surface area (Å²) in [5.41, 5.74) is 17.2. The van der Waals surface area contributed by atoms with Gasteiger partial charge in [0, 0.05) is 52.9 Å². The molecule has 73 heavy (non-hydrogen) atoms. The van der Waals surface area contributed by atoms with Gasteiger partial charge in [0.25, 0.3) is 5.69 Å². The highest BCUT2D eigenvalue weighted by molar-refractivity contribution is 6.09. The number of nitrogens with zero attached hydrogens (tertiary/aromatic N) is 4. The molecule has 0 saturated carbocycles. The third-order valence-corrected chi connectivity index (χ3v) is 14.6. The number of fused-ring (bicyclic) bond motifs is 4. The van der Waals surface area contributed by atoms with E-state index in [9.17, 15) is 0 Å². The Kier molecular flexibility index (Phi) is 11.9. The van der Waals surface area contributed by atoms with E-state index in [1.165, 1.54) is 44.3 Å². The van der Waals surface area contributed by atoms with Crippen molar-refractivity contribution in [2.75, 3.05) is 0 Å². The Morgan fingerprint density at radius 2 is 1.05 bits per heavy atom. The topological polar surface area (TPSA) is 33.1 Å². The van der Waals surface area contributed by atoms with E-state index in [0.717, 1.165) is 67.6 Å². The van der Waals surface area contributed by atoms with Crippen LogP contribution in [0.15, 0.2) is 164 Å². The molecule has 0 amide bonds. The van der Waals surface area contributed by atoms with E-state index in [2.05, 4.69) is 281 Å². The minimum Gasteiger partial charge on any atom is -0.457 e. The molecule has 3 heterocycles. The van der Waals surface area contributed by atoms with Crippen LogP contribution in [0.4, 0.5) is 22.7 Å². The van der Waals surface area contributed by atoms with E-state index < -0.39 is 0 Å². The fraction of sp³-hybridized carbons (Fsp3) is 0.294. The quantitative estimate of drug-likeness (QED) is 0.149. The van der Waals surface area contributed by atoms with E-state index in [-0.39, 0.29) is 27.1 Å². The van der Waals surface area contributed by atoms with Crippen LogP contribution >= 0.6 is 0 Å². The van der Waals surface area contributed by atoms with E-state index in [1.54, 1.807) is 0 Å². The summed E-state index contributed by atoms with van der Waals surface area (Å²) in [6.45, 7) is 34.3. The maximum atomic E-state index is 6.90. The monoisotopic (exact) mass is 961 g/mol. The molecule has 368 valence electrons. The summed E-state index contributed by atoms with van der Waals surface area (Å²) < 4.78 is 13.7. The van der Waals surface area contributed by atoms with E-state index >= 15 is 0 Å². The van der Waals surface area contributed by atoms with Gasteiger partial charge in [0.1, 0.15) is 17.3 Å². The highest BCUT2D eigenvalue weighted by Gasteiger charge is 2.41. The first-order chi connectivity index (χ1) is 34.3. The molecular weight excluding hydrogens is 889 g/mol. The van der Waals surface area contributed by atoms with Gasteiger partial charge in [-0.05, 0) is 112 Å². The van der Waals surface area contributed by atoms with Gasteiger partial charge >= 0.3 is 11.7 Å². The molecule has 0 bridgehead atoms. The van der Waals surface area contributed by atoms with Crippen molar-refractivity contribution in [1.29, 1.82) is 0 Å². The Labute approximate surface area is 434 Å². The van der Waals surface area contributed by atoms with Crippen molar-refractivity contribution < 1.29 is 4.74 Å². The molecule has 0 atom stereocenters. The molecule has 2 aromatic heterocycles. The molecule has 0 aliphatic carbocycles.